The third kappa shape index (κ3) is 2.60. The van der Waals surface area contributed by atoms with Gasteiger partial charge in [0.15, 0.2) is 0 Å². The van der Waals surface area contributed by atoms with E-state index in [2.05, 4.69) is 0 Å². The largest absolute Gasteiger partial charge is 0.406 e. The molecular weight excluding hydrogens is 197 g/mol. The second-order valence-electron chi connectivity index (χ2n) is 3.59. The van der Waals surface area contributed by atoms with Crippen molar-refractivity contribution in [1.29, 1.82) is 0 Å². The Balaban J connectivity index is 2.58. The maximum atomic E-state index is 12.0. The van der Waals surface area contributed by atoms with E-state index in [1.165, 1.54) is 6.92 Å². The Hall–Kier alpha value is -0.780. The molecule has 14 heavy (non-hydrogen) atoms. The van der Waals surface area contributed by atoms with Gasteiger partial charge in [-0.05, 0) is 19.8 Å². The molecule has 6 heteroatoms. The summed E-state index contributed by atoms with van der Waals surface area (Å²) in [6.45, 7) is 0.341. The van der Waals surface area contributed by atoms with Gasteiger partial charge >= 0.3 is 6.18 Å². The molecule has 0 bridgehead atoms. The summed E-state index contributed by atoms with van der Waals surface area (Å²) >= 11 is 0. The first kappa shape index (κ1) is 11.3. The van der Waals surface area contributed by atoms with Gasteiger partial charge in [-0.1, -0.05) is 0 Å². The molecule has 1 aliphatic carbocycles. The standard InChI is InChI=1S/C8H13F3N2O/c1-2-13(5-8(9,10)11)6(14)7(12)3-4-7/h2-5,12H2,1H3. The third-order valence-corrected chi connectivity index (χ3v) is 2.25. The highest BCUT2D eigenvalue weighted by atomic mass is 19.4. The maximum Gasteiger partial charge on any atom is 0.406 e. The van der Waals surface area contributed by atoms with Gasteiger partial charge in [-0.3, -0.25) is 4.79 Å². The Morgan fingerprint density at radius 2 is 2.00 bits per heavy atom. The van der Waals surface area contributed by atoms with Gasteiger partial charge in [0.1, 0.15) is 6.54 Å². The number of nitrogens with zero attached hydrogens (tertiary/aromatic N) is 1. The molecule has 1 rings (SSSR count). The molecule has 2 N–H and O–H groups in total. The summed E-state index contributed by atoms with van der Waals surface area (Å²) in [5.74, 6) is -0.586. The summed E-state index contributed by atoms with van der Waals surface area (Å²) in [4.78, 5) is 12.2. The van der Waals surface area contributed by atoms with E-state index in [4.69, 9.17) is 5.73 Å². The van der Waals surface area contributed by atoms with Crippen LogP contribution in [-0.4, -0.2) is 35.6 Å². The number of carbonyl (C=O) groups excluding carboxylic acids is 1. The highest BCUT2D eigenvalue weighted by molar-refractivity contribution is 5.89. The van der Waals surface area contributed by atoms with Gasteiger partial charge in [0.2, 0.25) is 5.91 Å². The van der Waals surface area contributed by atoms with Crippen molar-refractivity contribution in [2.75, 3.05) is 13.1 Å². The quantitative estimate of drug-likeness (QED) is 0.751. The molecule has 0 atom stereocenters. The smallest absolute Gasteiger partial charge is 0.332 e. The number of hydrogen-bond acceptors (Lipinski definition) is 2. The van der Waals surface area contributed by atoms with Crippen LogP contribution in [0, 0.1) is 0 Å². The summed E-state index contributed by atoms with van der Waals surface area (Å²) < 4.78 is 36.1. The molecule has 0 radical (unpaired) electrons. The summed E-state index contributed by atoms with van der Waals surface area (Å²) in [5, 5.41) is 0. The predicted octanol–water partition coefficient (Wildman–Crippen LogP) is 0.889. The van der Waals surface area contributed by atoms with Crippen molar-refractivity contribution in [3.8, 4) is 0 Å². The lowest BCUT2D eigenvalue weighted by molar-refractivity contribution is -0.162. The number of likely N-dealkylation sites (N-methyl/N-ethyl adjacent to an activating group) is 1. The minimum absolute atomic E-state index is 0.0390. The van der Waals surface area contributed by atoms with Crippen LogP contribution in [0.2, 0.25) is 0 Å². The Bertz CT molecular complexity index is 235. The third-order valence-electron chi connectivity index (χ3n) is 2.25. The highest BCUT2D eigenvalue weighted by Gasteiger charge is 2.49. The fourth-order valence-electron chi connectivity index (χ4n) is 1.21. The molecular formula is C8H13F3N2O. The molecule has 82 valence electrons. The molecule has 0 aromatic carbocycles. The van der Waals surface area contributed by atoms with Crippen molar-refractivity contribution in [2.45, 2.75) is 31.5 Å². The van der Waals surface area contributed by atoms with Gasteiger partial charge in [-0.2, -0.15) is 13.2 Å². The number of hydrogen-bond donors (Lipinski definition) is 1. The molecule has 0 aromatic rings. The molecule has 3 nitrogen and oxygen atoms in total. The molecule has 0 heterocycles. The summed E-state index contributed by atoms with van der Waals surface area (Å²) in [6, 6.07) is 0. The summed E-state index contributed by atoms with van der Waals surface area (Å²) in [5.41, 5.74) is 4.51. The van der Waals surface area contributed by atoms with Crippen LogP contribution in [0.3, 0.4) is 0 Å². The van der Waals surface area contributed by atoms with Crippen LogP contribution in [0.25, 0.3) is 0 Å². The van der Waals surface area contributed by atoms with Crippen molar-refractivity contribution in [3.05, 3.63) is 0 Å². The molecule has 0 unspecified atom stereocenters. The van der Waals surface area contributed by atoms with Crippen LogP contribution in [-0.2, 0) is 4.79 Å². The van der Waals surface area contributed by atoms with E-state index in [-0.39, 0.29) is 6.54 Å². The van der Waals surface area contributed by atoms with Crippen molar-refractivity contribution in [2.24, 2.45) is 5.73 Å². The van der Waals surface area contributed by atoms with Crippen molar-refractivity contribution >= 4 is 5.91 Å². The lowest BCUT2D eigenvalue weighted by atomic mass is 10.2. The second kappa shape index (κ2) is 3.42. The molecule has 0 saturated heterocycles. The van der Waals surface area contributed by atoms with E-state index >= 15 is 0 Å². The minimum Gasteiger partial charge on any atom is -0.332 e. The lowest BCUT2D eigenvalue weighted by Crippen LogP contribution is -2.48. The molecule has 0 spiro atoms. The van der Waals surface area contributed by atoms with Crippen LogP contribution < -0.4 is 5.73 Å². The van der Waals surface area contributed by atoms with E-state index in [1.54, 1.807) is 0 Å². The monoisotopic (exact) mass is 210 g/mol. The van der Waals surface area contributed by atoms with Gasteiger partial charge in [0.05, 0.1) is 5.54 Å². The Morgan fingerprint density at radius 1 is 1.50 bits per heavy atom. The molecule has 0 aromatic heterocycles. The van der Waals surface area contributed by atoms with Crippen LogP contribution in [0.1, 0.15) is 19.8 Å². The lowest BCUT2D eigenvalue weighted by Gasteiger charge is -2.25. The van der Waals surface area contributed by atoms with Gasteiger partial charge in [0, 0.05) is 6.54 Å². The van der Waals surface area contributed by atoms with Gasteiger partial charge in [-0.25, -0.2) is 0 Å². The average Bonchev–Trinajstić information content (AvgIpc) is 2.78. The van der Waals surface area contributed by atoms with Crippen molar-refractivity contribution in [1.82, 2.24) is 4.90 Å². The SMILES string of the molecule is CCN(CC(F)(F)F)C(=O)C1(N)CC1. The van der Waals surface area contributed by atoms with E-state index in [1.807, 2.05) is 0 Å². The van der Waals surface area contributed by atoms with Crippen molar-refractivity contribution < 1.29 is 18.0 Å². The van der Waals surface area contributed by atoms with Crippen LogP contribution in [0.4, 0.5) is 13.2 Å². The fourth-order valence-corrected chi connectivity index (χ4v) is 1.21. The first-order chi connectivity index (χ1) is 6.28. The highest BCUT2D eigenvalue weighted by Crippen LogP contribution is 2.34. The number of carbonyl (C=O) groups is 1. The summed E-state index contributed by atoms with van der Waals surface area (Å²) in [6.07, 6.45) is -3.38. The summed E-state index contributed by atoms with van der Waals surface area (Å²) in [7, 11) is 0. The molecule has 1 fully saturated rings. The van der Waals surface area contributed by atoms with E-state index in [9.17, 15) is 18.0 Å². The van der Waals surface area contributed by atoms with E-state index < -0.39 is 24.2 Å². The maximum absolute atomic E-state index is 12.0. The predicted molar refractivity (Wildman–Crippen MR) is 44.5 cm³/mol. The number of rotatable bonds is 3. The van der Waals surface area contributed by atoms with Crippen LogP contribution >= 0.6 is 0 Å². The Morgan fingerprint density at radius 3 is 2.29 bits per heavy atom. The zero-order chi connectivity index (χ0) is 11.0. The van der Waals surface area contributed by atoms with Gasteiger partial charge < -0.3 is 10.6 Å². The Kier molecular flexibility index (Phi) is 2.76. The van der Waals surface area contributed by atoms with Crippen molar-refractivity contribution in [3.63, 3.8) is 0 Å². The van der Waals surface area contributed by atoms with Crippen LogP contribution in [0.5, 0.6) is 0 Å². The zero-order valence-corrected chi connectivity index (χ0v) is 7.90. The average molecular weight is 210 g/mol. The number of nitrogens with two attached hydrogens (primary N) is 1. The van der Waals surface area contributed by atoms with E-state index in [0.29, 0.717) is 12.8 Å². The zero-order valence-electron chi connectivity index (χ0n) is 7.90. The molecule has 0 aliphatic heterocycles. The normalized spacial score (nSPS) is 19.2. The second-order valence-corrected chi connectivity index (χ2v) is 3.59. The molecule has 1 amide bonds. The minimum atomic E-state index is -4.35. The Labute approximate surface area is 80.0 Å². The first-order valence-electron chi connectivity index (χ1n) is 4.43. The number of alkyl halides is 3. The van der Waals surface area contributed by atoms with Gasteiger partial charge in [0.25, 0.3) is 0 Å². The molecule has 1 saturated carbocycles. The topological polar surface area (TPSA) is 46.3 Å². The number of amides is 1. The van der Waals surface area contributed by atoms with Gasteiger partial charge in [-0.15, -0.1) is 0 Å². The van der Waals surface area contributed by atoms with E-state index in [0.717, 1.165) is 4.90 Å². The first-order valence-corrected chi connectivity index (χ1v) is 4.43. The number of halogens is 3. The molecule has 1 aliphatic rings. The van der Waals surface area contributed by atoms with Crippen LogP contribution in [0.15, 0.2) is 0 Å². The fraction of sp³-hybridized carbons (Fsp3) is 0.875.